The zero-order chi connectivity index (χ0) is 19.7. The maximum absolute atomic E-state index is 9.13. The molecule has 0 radical (unpaired) electrons. The Balaban J connectivity index is 1.76. The largest absolute Gasteiger partial charge is 0.486 e. The van der Waals surface area contributed by atoms with Gasteiger partial charge < -0.3 is 9.47 Å². The van der Waals surface area contributed by atoms with Gasteiger partial charge in [0.05, 0.1) is 22.8 Å². The van der Waals surface area contributed by atoms with Crippen LogP contribution in [0.5, 0.6) is 11.5 Å². The van der Waals surface area contributed by atoms with E-state index in [1.807, 2.05) is 41.9 Å². The number of benzene rings is 2. The molecule has 0 aliphatic carbocycles. The molecule has 0 fully saturated rings. The van der Waals surface area contributed by atoms with E-state index in [4.69, 9.17) is 31.4 Å². The molecule has 1 aliphatic heterocycles. The molecule has 0 bridgehead atoms. The summed E-state index contributed by atoms with van der Waals surface area (Å²) in [5.74, 6) is 1.58. The van der Waals surface area contributed by atoms with E-state index in [0.717, 1.165) is 46.0 Å². The Morgan fingerprint density at radius 2 is 2.04 bits per heavy atom. The van der Waals surface area contributed by atoms with Gasteiger partial charge in [-0.25, -0.2) is 0 Å². The van der Waals surface area contributed by atoms with E-state index in [1.165, 1.54) is 0 Å². The van der Waals surface area contributed by atoms with E-state index < -0.39 is 0 Å². The van der Waals surface area contributed by atoms with E-state index in [9.17, 15) is 0 Å². The maximum Gasteiger partial charge on any atom is 0.166 e. The van der Waals surface area contributed by atoms with Gasteiger partial charge in [-0.15, -0.1) is 0 Å². The van der Waals surface area contributed by atoms with Gasteiger partial charge in [0.2, 0.25) is 0 Å². The van der Waals surface area contributed by atoms with Crippen molar-refractivity contribution in [3.63, 3.8) is 0 Å². The Labute approximate surface area is 169 Å². The van der Waals surface area contributed by atoms with E-state index >= 15 is 0 Å². The molecule has 0 N–H and O–H groups in total. The van der Waals surface area contributed by atoms with Gasteiger partial charge >= 0.3 is 0 Å². The van der Waals surface area contributed by atoms with Gasteiger partial charge in [0.1, 0.15) is 19.3 Å². The number of nitriles is 1. The van der Waals surface area contributed by atoms with Gasteiger partial charge in [-0.1, -0.05) is 36.7 Å². The van der Waals surface area contributed by atoms with Crippen LogP contribution in [0.15, 0.2) is 36.4 Å². The summed E-state index contributed by atoms with van der Waals surface area (Å²) < 4.78 is 13.6. The topological polar surface area (TPSA) is 60.1 Å². The molecule has 6 heteroatoms. The third-order valence-electron chi connectivity index (χ3n) is 4.91. The normalized spacial score (nSPS) is 12.6. The molecular weight excluding hydrogens is 374 g/mol. The molecule has 0 saturated carbocycles. The van der Waals surface area contributed by atoms with Crippen LogP contribution < -0.4 is 9.47 Å². The van der Waals surface area contributed by atoms with Crippen molar-refractivity contribution in [2.45, 2.75) is 26.8 Å². The van der Waals surface area contributed by atoms with Crippen molar-refractivity contribution in [1.29, 1.82) is 5.26 Å². The van der Waals surface area contributed by atoms with Crippen LogP contribution in [-0.4, -0.2) is 23.0 Å². The van der Waals surface area contributed by atoms with E-state index in [2.05, 4.69) is 13.0 Å². The Kier molecular flexibility index (Phi) is 4.97. The van der Waals surface area contributed by atoms with Crippen molar-refractivity contribution in [2.75, 3.05) is 13.2 Å². The van der Waals surface area contributed by atoms with Crippen molar-refractivity contribution in [3.05, 3.63) is 63.9 Å². The molecule has 28 heavy (non-hydrogen) atoms. The van der Waals surface area contributed by atoms with Crippen LogP contribution in [0.4, 0.5) is 0 Å². The minimum absolute atomic E-state index is 0.455. The van der Waals surface area contributed by atoms with Crippen LogP contribution in [0.3, 0.4) is 0 Å². The molecule has 0 spiro atoms. The van der Waals surface area contributed by atoms with Crippen molar-refractivity contribution >= 4 is 11.6 Å². The third kappa shape index (κ3) is 3.21. The number of hydrogen-bond acceptors (Lipinski definition) is 4. The highest BCUT2D eigenvalue weighted by molar-refractivity contribution is 6.32. The number of para-hydroxylation sites is 1. The first-order chi connectivity index (χ1) is 13.6. The first kappa shape index (κ1) is 18.4. The minimum Gasteiger partial charge on any atom is -0.486 e. The predicted octanol–water partition coefficient (Wildman–Crippen LogP) is 4.77. The average Bonchev–Trinajstić information content (AvgIpc) is 3.03. The van der Waals surface area contributed by atoms with E-state index in [1.54, 1.807) is 6.07 Å². The van der Waals surface area contributed by atoms with Crippen LogP contribution in [0.2, 0.25) is 5.02 Å². The van der Waals surface area contributed by atoms with Crippen LogP contribution >= 0.6 is 11.6 Å². The lowest BCUT2D eigenvalue weighted by Gasteiger charge is -2.21. The summed E-state index contributed by atoms with van der Waals surface area (Å²) in [7, 11) is 0. The van der Waals surface area contributed by atoms with Gasteiger partial charge in [0.15, 0.2) is 11.5 Å². The smallest absolute Gasteiger partial charge is 0.166 e. The van der Waals surface area contributed by atoms with Gasteiger partial charge in [0.25, 0.3) is 0 Å². The molecule has 1 aromatic heterocycles. The van der Waals surface area contributed by atoms with Crippen LogP contribution in [0, 0.1) is 18.3 Å². The highest BCUT2D eigenvalue weighted by Gasteiger charge is 2.20. The fourth-order valence-electron chi connectivity index (χ4n) is 3.68. The lowest BCUT2D eigenvalue weighted by Crippen LogP contribution is -2.17. The van der Waals surface area contributed by atoms with Gasteiger partial charge in [-0.3, -0.25) is 4.68 Å². The summed E-state index contributed by atoms with van der Waals surface area (Å²) in [6.45, 7) is 5.83. The van der Waals surface area contributed by atoms with Crippen molar-refractivity contribution < 1.29 is 9.47 Å². The van der Waals surface area contributed by atoms with Gasteiger partial charge in [-0.05, 0) is 37.1 Å². The van der Waals surface area contributed by atoms with Crippen LogP contribution in [0.25, 0.3) is 11.1 Å². The SMILES string of the molecule is CCc1c(-c2ccc(C#N)c(Cl)c2)c(C)nn1Cc1cccc2c1OCCO2. The second kappa shape index (κ2) is 7.57. The molecule has 1 aliphatic rings. The van der Waals surface area contributed by atoms with Crippen molar-refractivity contribution in [3.8, 4) is 28.7 Å². The quantitative estimate of drug-likeness (QED) is 0.640. The lowest BCUT2D eigenvalue weighted by atomic mass is 10.0. The molecule has 0 amide bonds. The first-order valence-electron chi connectivity index (χ1n) is 9.26. The Hall–Kier alpha value is -2.97. The highest BCUT2D eigenvalue weighted by atomic mass is 35.5. The standard InChI is InChI=1S/C22H20ClN3O2/c1-3-19-21(15-7-8-16(12-24)18(23)11-15)14(2)25-26(19)13-17-5-4-6-20-22(17)28-10-9-27-20/h4-8,11H,3,9-10,13H2,1-2H3. The Bertz CT molecular complexity index is 1080. The molecule has 0 unspecified atom stereocenters. The summed E-state index contributed by atoms with van der Waals surface area (Å²) >= 11 is 6.26. The van der Waals surface area contributed by atoms with Crippen LogP contribution in [-0.2, 0) is 13.0 Å². The zero-order valence-corrected chi connectivity index (χ0v) is 16.6. The Morgan fingerprint density at radius 3 is 2.79 bits per heavy atom. The highest BCUT2D eigenvalue weighted by Crippen LogP contribution is 2.36. The summed E-state index contributed by atoms with van der Waals surface area (Å²) in [4.78, 5) is 0. The van der Waals surface area contributed by atoms with Crippen molar-refractivity contribution in [1.82, 2.24) is 9.78 Å². The summed E-state index contributed by atoms with van der Waals surface area (Å²) in [5.41, 5.74) is 5.60. The van der Waals surface area contributed by atoms with Crippen LogP contribution in [0.1, 0.15) is 29.4 Å². The van der Waals surface area contributed by atoms with E-state index in [-0.39, 0.29) is 0 Å². The minimum atomic E-state index is 0.455. The molecule has 0 atom stereocenters. The summed E-state index contributed by atoms with van der Waals surface area (Å²) in [6, 6.07) is 13.6. The number of aromatic nitrogens is 2. The Morgan fingerprint density at radius 1 is 1.21 bits per heavy atom. The number of aryl methyl sites for hydroxylation is 1. The second-order valence-electron chi connectivity index (χ2n) is 6.67. The molecule has 3 aromatic rings. The number of halogens is 1. The number of fused-ring (bicyclic) bond motifs is 1. The number of rotatable bonds is 4. The van der Waals surface area contributed by atoms with Gasteiger partial charge in [0, 0.05) is 16.8 Å². The monoisotopic (exact) mass is 393 g/mol. The third-order valence-corrected chi connectivity index (χ3v) is 5.23. The number of hydrogen-bond donors (Lipinski definition) is 0. The number of ether oxygens (including phenoxy) is 2. The molecule has 5 nitrogen and oxygen atoms in total. The van der Waals surface area contributed by atoms with Gasteiger partial charge in [-0.2, -0.15) is 10.4 Å². The second-order valence-corrected chi connectivity index (χ2v) is 7.07. The summed E-state index contributed by atoms with van der Waals surface area (Å²) in [6.07, 6.45) is 0.820. The zero-order valence-electron chi connectivity index (χ0n) is 15.8. The molecule has 2 heterocycles. The van der Waals surface area contributed by atoms with E-state index in [0.29, 0.717) is 30.3 Å². The average molecular weight is 394 g/mol. The first-order valence-corrected chi connectivity index (χ1v) is 9.64. The molecule has 142 valence electrons. The molecule has 0 saturated heterocycles. The fourth-order valence-corrected chi connectivity index (χ4v) is 3.90. The molecular formula is C22H20ClN3O2. The fraction of sp³-hybridized carbons (Fsp3) is 0.273. The lowest BCUT2D eigenvalue weighted by molar-refractivity contribution is 0.169. The summed E-state index contributed by atoms with van der Waals surface area (Å²) in [5, 5.41) is 14.4. The van der Waals surface area contributed by atoms with Crippen molar-refractivity contribution in [2.24, 2.45) is 0 Å². The predicted molar refractivity (Wildman–Crippen MR) is 108 cm³/mol. The molecule has 4 rings (SSSR count). The number of nitrogens with zero attached hydrogens (tertiary/aromatic N) is 3. The molecule has 2 aromatic carbocycles. The maximum atomic E-state index is 9.13.